The summed E-state index contributed by atoms with van der Waals surface area (Å²) in [7, 11) is 0. The number of aromatic nitrogens is 4. The van der Waals surface area contributed by atoms with Crippen LogP contribution in [0.1, 0.15) is 5.69 Å². The molecule has 0 amide bonds. The van der Waals surface area contributed by atoms with Gasteiger partial charge in [-0.15, -0.1) is 5.10 Å². The molecule has 3 aromatic heterocycles. The fraction of sp³-hybridized carbons (Fsp3) is 0.0625. The topological polar surface area (TPSA) is 68.2 Å². The first kappa shape index (κ1) is 14.3. The highest BCUT2D eigenvalue weighted by atomic mass is 19.1. The minimum absolute atomic E-state index is 0.123. The van der Waals surface area contributed by atoms with Crippen LogP contribution in [-0.2, 0) is 0 Å². The van der Waals surface area contributed by atoms with Gasteiger partial charge in [0, 0.05) is 17.8 Å². The molecule has 1 N–H and O–H groups in total. The molecule has 0 saturated heterocycles. The third-order valence-electron chi connectivity index (χ3n) is 3.38. The van der Waals surface area contributed by atoms with Crippen molar-refractivity contribution in [3.05, 3.63) is 60.0 Å². The Balaban J connectivity index is 1.82. The Labute approximate surface area is 134 Å². The first-order valence-corrected chi connectivity index (χ1v) is 7.10. The molecular weight excluding hydrogens is 316 g/mol. The Hall–Kier alpha value is -3.29. The summed E-state index contributed by atoms with van der Waals surface area (Å²) in [5.74, 6) is 0.302. The molecule has 24 heavy (non-hydrogen) atoms. The maximum Gasteiger partial charge on any atom is 0.255 e. The minimum Gasteiger partial charge on any atom is -0.461 e. The van der Waals surface area contributed by atoms with Crippen LogP contribution < -0.4 is 5.32 Å². The summed E-state index contributed by atoms with van der Waals surface area (Å²) in [5.41, 5.74) is 0.796. The fourth-order valence-electron chi connectivity index (χ4n) is 2.31. The summed E-state index contributed by atoms with van der Waals surface area (Å²) in [4.78, 5) is 8.61. The fourth-order valence-corrected chi connectivity index (χ4v) is 2.31. The second kappa shape index (κ2) is 5.41. The Bertz CT molecular complexity index is 1030. The smallest absolute Gasteiger partial charge is 0.255 e. The first-order valence-electron chi connectivity index (χ1n) is 7.10. The zero-order chi connectivity index (χ0) is 16.7. The van der Waals surface area contributed by atoms with E-state index in [0.717, 1.165) is 6.07 Å². The van der Waals surface area contributed by atoms with Gasteiger partial charge in [0.15, 0.2) is 5.76 Å². The van der Waals surface area contributed by atoms with Gasteiger partial charge in [-0.3, -0.25) is 0 Å². The predicted molar refractivity (Wildman–Crippen MR) is 82.9 cm³/mol. The summed E-state index contributed by atoms with van der Waals surface area (Å²) in [6, 6.07) is 8.45. The monoisotopic (exact) mass is 327 g/mol. The summed E-state index contributed by atoms with van der Waals surface area (Å²) in [6.45, 7) is 1.79. The van der Waals surface area contributed by atoms with Gasteiger partial charge in [-0.2, -0.15) is 9.50 Å². The van der Waals surface area contributed by atoms with Crippen LogP contribution in [0.3, 0.4) is 0 Å². The minimum atomic E-state index is -0.705. The van der Waals surface area contributed by atoms with Crippen LogP contribution in [0.2, 0.25) is 0 Å². The van der Waals surface area contributed by atoms with Crippen LogP contribution in [0.5, 0.6) is 0 Å². The number of halogens is 2. The maximum atomic E-state index is 13.9. The van der Waals surface area contributed by atoms with Gasteiger partial charge in [-0.25, -0.2) is 13.8 Å². The lowest BCUT2D eigenvalue weighted by atomic mass is 10.3. The van der Waals surface area contributed by atoms with Gasteiger partial charge in [0.25, 0.3) is 5.78 Å². The molecule has 0 aliphatic carbocycles. The van der Waals surface area contributed by atoms with Crippen LogP contribution in [0, 0.1) is 18.6 Å². The van der Waals surface area contributed by atoms with Crippen molar-refractivity contribution in [1.29, 1.82) is 0 Å². The Morgan fingerprint density at radius 2 is 2.00 bits per heavy atom. The van der Waals surface area contributed by atoms with E-state index in [-0.39, 0.29) is 5.69 Å². The summed E-state index contributed by atoms with van der Waals surface area (Å²) >= 11 is 0. The molecule has 0 fully saturated rings. The van der Waals surface area contributed by atoms with Crippen molar-refractivity contribution in [3.8, 4) is 11.6 Å². The van der Waals surface area contributed by atoms with Gasteiger partial charge in [-0.1, -0.05) is 0 Å². The Morgan fingerprint density at radius 1 is 1.12 bits per heavy atom. The number of nitrogens with zero attached hydrogens (tertiary/aromatic N) is 4. The zero-order valence-electron chi connectivity index (χ0n) is 12.5. The van der Waals surface area contributed by atoms with Gasteiger partial charge in [0.2, 0.25) is 5.82 Å². The number of rotatable bonds is 3. The highest BCUT2D eigenvalue weighted by molar-refractivity contribution is 5.61. The van der Waals surface area contributed by atoms with E-state index in [4.69, 9.17) is 4.42 Å². The zero-order valence-corrected chi connectivity index (χ0v) is 12.5. The standard InChI is InChI=1S/C16H11F2N5O/c1-9-7-14(20-12-5-4-10(17)8-11(12)18)23-16(19-9)21-15(22-23)13-3-2-6-24-13/h2-8,20H,1H3. The van der Waals surface area contributed by atoms with Crippen molar-refractivity contribution < 1.29 is 13.2 Å². The molecule has 0 bridgehead atoms. The van der Waals surface area contributed by atoms with E-state index in [9.17, 15) is 8.78 Å². The van der Waals surface area contributed by atoms with Gasteiger partial charge < -0.3 is 9.73 Å². The van der Waals surface area contributed by atoms with Crippen LogP contribution in [0.25, 0.3) is 17.4 Å². The number of fused-ring (bicyclic) bond motifs is 1. The van der Waals surface area contributed by atoms with E-state index < -0.39 is 11.6 Å². The molecular formula is C16H11F2N5O. The van der Waals surface area contributed by atoms with Crippen LogP contribution in [0.15, 0.2) is 47.1 Å². The van der Waals surface area contributed by atoms with Gasteiger partial charge in [0.05, 0.1) is 12.0 Å². The van der Waals surface area contributed by atoms with Crippen molar-refractivity contribution >= 4 is 17.3 Å². The summed E-state index contributed by atoms with van der Waals surface area (Å²) in [6.07, 6.45) is 1.52. The van der Waals surface area contributed by atoms with Crippen molar-refractivity contribution in [3.63, 3.8) is 0 Å². The van der Waals surface area contributed by atoms with Crippen molar-refractivity contribution in [2.75, 3.05) is 5.32 Å². The number of furan rings is 1. The van der Waals surface area contributed by atoms with E-state index in [2.05, 4.69) is 20.4 Å². The van der Waals surface area contributed by atoms with Crippen LogP contribution in [-0.4, -0.2) is 19.6 Å². The molecule has 0 atom stereocenters. The highest BCUT2D eigenvalue weighted by Crippen LogP contribution is 2.23. The maximum absolute atomic E-state index is 13.9. The van der Waals surface area contributed by atoms with E-state index in [0.29, 0.717) is 28.9 Å². The molecule has 8 heteroatoms. The number of nitrogens with one attached hydrogen (secondary N) is 1. The van der Waals surface area contributed by atoms with Crippen LogP contribution >= 0.6 is 0 Å². The van der Waals surface area contributed by atoms with Gasteiger partial charge in [-0.05, 0) is 31.2 Å². The van der Waals surface area contributed by atoms with E-state index >= 15 is 0 Å². The molecule has 120 valence electrons. The quantitative estimate of drug-likeness (QED) is 0.621. The van der Waals surface area contributed by atoms with Gasteiger partial charge in [0.1, 0.15) is 17.5 Å². The summed E-state index contributed by atoms with van der Waals surface area (Å²) < 4.78 is 33.7. The van der Waals surface area contributed by atoms with E-state index in [1.54, 1.807) is 25.1 Å². The Kier molecular flexibility index (Phi) is 3.23. The SMILES string of the molecule is Cc1cc(Nc2ccc(F)cc2F)n2nc(-c3ccco3)nc2n1. The second-order valence-corrected chi connectivity index (χ2v) is 5.16. The van der Waals surface area contributed by atoms with Crippen molar-refractivity contribution in [2.45, 2.75) is 6.92 Å². The third-order valence-corrected chi connectivity index (χ3v) is 3.38. The molecule has 0 saturated carbocycles. The molecule has 0 spiro atoms. The molecule has 0 aliphatic heterocycles. The van der Waals surface area contributed by atoms with Crippen molar-refractivity contribution in [2.24, 2.45) is 0 Å². The third kappa shape index (κ3) is 2.47. The number of benzene rings is 1. The number of anilines is 2. The average Bonchev–Trinajstić information content (AvgIpc) is 3.18. The first-order chi connectivity index (χ1) is 11.6. The van der Waals surface area contributed by atoms with E-state index in [1.807, 2.05) is 0 Å². The molecule has 0 radical (unpaired) electrons. The van der Waals surface area contributed by atoms with E-state index in [1.165, 1.54) is 22.9 Å². The lowest BCUT2D eigenvalue weighted by Crippen LogP contribution is -2.04. The Morgan fingerprint density at radius 3 is 2.75 bits per heavy atom. The largest absolute Gasteiger partial charge is 0.461 e. The molecule has 6 nitrogen and oxygen atoms in total. The molecule has 0 aliphatic rings. The molecule has 3 heterocycles. The molecule has 0 unspecified atom stereocenters. The number of hydrogen-bond acceptors (Lipinski definition) is 5. The summed E-state index contributed by atoms with van der Waals surface area (Å²) in [5, 5.41) is 7.22. The lowest BCUT2D eigenvalue weighted by molar-refractivity contribution is 0.577. The number of hydrogen-bond donors (Lipinski definition) is 1. The molecule has 1 aromatic carbocycles. The molecule has 4 rings (SSSR count). The number of aryl methyl sites for hydroxylation is 1. The molecule has 4 aromatic rings. The lowest BCUT2D eigenvalue weighted by Gasteiger charge is -2.09. The van der Waals surface area contributed by atoms with Crippen LogP contribution in [0.4, 0.5) is 20.3 Å². The average molecular weight is 327 g/mol. The highest BCUT2D eigenvalue weighted by Gasteiger charge is 2.14. The second-order valence-electron chi connectivity index (χ2n) is 5.16. The normalized spacial score (nSPS) is 11.1. The van der Waals surface area contributed by atoms with Gasteiger partial charge >= 0.3 is 0 Å². The van der Waals surface area contributed by atoms with Crippen molar-refractivity contribution in [1.82, 2.24) is 19.6 Å². The predicted octanol–water partition coefficient (Wildman–Crippen LogP) is 3.71.